The fourth-order valence-electron chi connectivity index (χ4n) is 1.71. The van der Waals surface area contributed by atoms with Gasteiger partial charge in [-0.15, -0.1) is 0 Å². The van der Waals surface area contributed by atoms with Crippen LogP contribution in [0, 0.1) is 0 Å². The van der Waals surface area contributed by atoms with Crippen LogP contribution in [-0.4, -0.2) is 27.3 Å². The van der Waals surface area contributed by atoms with E-state index in [-0.39, 0.29) is 5.56 Å². The van der Waals surface area contributed by atoms with Crippen LogP contribution in [0.25, 0.3) is 22.6 Å². The molecule has 18 heavy (non-hydrogen) atoms. The molecule has 0 saturated carbocycles. The van der Waals surface area contributed by atoms with Gasteiger partial charge in [0.2, 0.25) is 0 Å². The number of aromatic amines is 2. The first kappa shape index (κ1) is 10.5. The van der Waals surface area contributed by atoms with Gasteiger partial charge in [0.25, 0.3) is 5.56 Å². The molecule has 2 aromatic heterocycles. The van der Waals surface area contributed by atoms with Crippen molar-refractivity contribution in [2.24, 2.45) is 0 Å². The summed E-state index contributed by atoms with van der Waals surface area (Å²) in [6.45, 7) is 0. The minimum absolute atomic E-state index is 0.239. The molecule has 0 atom stereocenters. The lowest BCUT2D eigenvalue weighted by molar-refractivity contribution is 0.415. The summed E-state index contributed by atoms with van der Waals surface area (Å²) in [7, 11) is 1.61. The number of fused-ring (bicyclic) bond motifs is 1. The summed E-state index contributed by atoms with van der Waals surface area (Å²) < 4.78 is 5.14. The average molecular weight is 242 g/mol. The molecule has 0 radical (unpaired) electrons. The van der Waals surface area contributed by atoms with E-state index in [0.29, 0.717) is 11.5 Å². The lowest BCUT2D eigenvalue weighted by atomic mass is 10.3. The number of aromatic nitrogens is 4. The van der Waals surface area contributed by atoms with Crippen LogP contribution in [0.15, 0.2) is 35.1 Å². The standard InChI is InChI=1S/C12H10N4O2/c1-18-7-2-3-8-10(6-7)14-12(13-8)9-4-5-11(17)16-15-9/h2-6H,1H3,(H,13,14)(H,16,17). The summed E-state index contributed by atoms with van der Waals surface area (Å²) in [4.78, 5) is 18.5. The molecule has 0 unspecified atom stereocenters. The Labute approximate surface area is 102 Å². The molecule has 0 aliphatic rings. The predicted octanol–water partition coefficient (Wildman–Crippen LogP) is 1.32. The molecule has 2 heterocycles. The van der Waals surface area contributed by atoms with Gasteiger partial charge >= 0.3 is 0 Å². The molecular weight excluding hydrogens is 232 g/mol. The Balaban J connectivity index is 2.12. The molecular formula is C12H10N4O2. The first-order valence-corrected chi connectivity index (χ1v) is 5.36. The number of imidazole rings is 1. The maximum atomic E-state index is 10.9. The quantitative estimate of drug-likeness (QED) is 0.709. The summed E-state index contributed by atoms with van der Waals surface area (Å²) in [6, 6.07) is 8.59. The second-order valence-electron chi connectivity index (χ2n) is 3.77. The molecule has 0 amide bonds. The summed E-state index contributed by atoms with van der Waals surface area (Å²) in [5.41, 5.74) is 2.03. The van der Waals surface area contributed by atoms with E-state index in [0.717, 1.165) is 16.8 Å². The average Bonchev–Trinajstić information content (AvgIpc) is 2.82. The van der Waals surface area contributed by atoms with Crippen molar-refractivity contribution in [1.29, 1.82) is 0 Å². The van der Waals surface area contributed by atoms with Gasteiger partial charge in [-0.25, -0.2) is 10.1 Å². The fourth-order valence-corrected chi connectivity index (χ4v) is 1.71. The second kappa shape index (κ2) is 3.99. The Kier molecular flexibility index (Phi) is 2.33. The molecule has 2 N–H and O–H groups in total. The highest BCUT2D eigenvalue weighted by atomic mass is 16.5. The van der Waals surface area contributed by atoms with Crippen molar-refractivity contribution in [3.05, 3.63) is 40.7 Å². The van der Waals surface area contributed by atoms with Gasteiger partial charge in [-0.3, -0.25) is 4.79 Å². The Hall–Kier alpha value is -2.63. The largest absolute Gasteiger partial charge is 0.497 e. The number of hydrogen-bond acceptors (Lipinski definition) is 4. The van der Waals surface area contributed by atoms with E-state index in [1.165, 1.54) is 6.07 Å². The fraction of sp³-hybridized carbons (Fsp3) is 0.0833. The zero-order chi connectivity index (χ0) is 12.5. The Morgan fingerprint density at radius 3 is 2.83 bits per heavy atom. The van der Waals surface area contributed by atoms with E-state index >= 15 is 0 Å². The molecule has 6 nitrogen and oxygen atoms in total. The second-order valence-corrected chi connectivity index (χ2v) is 3.77. The predicted molar refractivity (Wildman–Crippen MR) is 66.5 cm³/mol. The van der Waals surface area contributed by atoms with Gasteiger partial charge in [-0.1, -0.05) is 0 Å². The summed E-state index contributed by atoms with van der Waals surface area (Å²) >= 11 is 0. The van der Waals surface area contributed by atoms with Crippen LogP contribution in [0.4, 0.5) is 0 Å². The lowest BCUT2D eigenvalue weighted by Gasteiger charge is -1.96. The molecule has 1 aromatic carbocycles. The Morgan fingerprint density at radius 1 is 1.22 bits per heavy atom. The van der Waals surface area contributed by atoms with Crippen molar-refractivity contribution >= 4 is 11.0 Å². The van der Waals surface area contributed by atoms with Crippen molar-refractivity contribution in [3.63, 3.8) is 0 Å². The van der Waals surface area contributed by atoms with Crippen LogP contribution in [0.1, 0.15) is 0 Å². The molecule has 0 saturated heterocycles. The van der Waals surface area contributed by atoms with Gasteiger partial charge < -0.3 is 9.72 Å². The molecule has 6 heteroatoms. The normalized spacial score (nSPS) is 10.7. The first-order chi connectivity index (χ1) is 8.76. The van der Waals surface area contributed by atoms with Crippen LogP contribution >= 0.6 is 0 Å². The van der Waals surface area contributed by atoms with E-state index in [9.17, 15) is 4.79 Å². The van der Waals surface area contributed by atoms with Crippen molar-refractivity contribution in [1.82, 2.24) is 20.2 Å². The highest BCUT2D eigenvalue weighted by Crippen LogP contribution is 2.21. The zero-order valence-corrected chi connectivity index (χ0v) is 9.60. The first-order valence-electron chi connectivity index (χ1n) is 5.36. The summed E-state index contributed by atoms with van der Waals surface area (Å²) in [6.07, 6.45) is 0. The number of methoxy groups -OCH3 is 1. The minimum Gasteiger partial charge on any atom is -0.497 e. The molecule has 90 valence electrons. The van der Waals surface area contributed by atoms with Crippen LogP contribution in [0.2, 0.25) is 0 Å². The highest BCUT2D eigenvalue weighted by Gasteiger charge is 2.07. The number of nitrogens with zero attached hydrogens (tertiary/aromatic N) is 2. The molecule has 3 rings (SSSR count). The van der Waals surface area contributed by atoms with E-state index in [4.69, 9.17) is 4.74 Å². The number of hydrogen-bond donors (Lipinski definition) is 2. The van der Waals surface area contributed by atoms with Gasteiger partial charge in [0, 0.05) is 12.1 Å². The third kappa shape index (κ3) is 1.73. The SMILES string of the molecule is COc1ccc2nc(-c3ccc(=O)[nH]n3)[nH]c2c1. The zero-order valence-electron chi connectivity index (χ0n) is 9.60. The Morgan fingerprint density at radius 2 is 2.11 bits per heavy atom. The molecule has 0 spiro atoms. The molecule has 3 aromatic rings. The molecule has 0 fully saturated rings. The highest BCUT2D eigenvalue weighted by molar-refractivity contribution is 5.80. The lowest BCUT2D eigenvalue weighted by Crippen LogP contribution is -2.05. The molecule has 0 aliphatic heterocycles. The molecule has 0 bridgehead atoms. The van der Waals surface area contributed by atoms with Crippen molar-refractivity contribution in [2.45, 2.75) is 0 Å². The number of benzene rings is 1. The van der Waals surface area contributed by atoms with E-state index < -0.39 is 0 Å². The maximum Gasteiger partial charge on any atom is 0.264 e. The van der Waals surface area contributed by atoms with Gasteiger partial charge in [0.05, 0.1) is 18.1 Å². The van der Waals surface area contributed by atoms with Gasteiger partial charge in [0.1, 0.15) is 11.4 Å². The van der Waals surface area contributed by atoms with Crippen molar-refractivity contribution in [2.75, 3.05) is 7.11 Å². The number of rotatable bonds is 2. The van der Waals surface area contributed by atoms with E-state index in [1.807, 2.05) is 18.2 Å². The van der Waals surface area contributed by atoms with Crippen LogP contribution in [0.5, 0.6) is 5.75 Å². The van der Waals surface area contributed by atoms with Crippen molar-refractivity contribution in [3.8, 4) is 17.3 Å². The van der Waals surface area contributed by atoms with E-state index in [1.54, 1.807) is 13.2 Å². The number of H-pyrrole nitrogens is 2. The summed E-state index contributed by atoms with van der Waals surface area (Å²) in [5.74, 6) is 1.36. The van der Waals surface area contributed by atoms with Crippen molar-refractivity contribution < 1.29 is 4.74 Å². The third-order valence-corrected chi connectivity index (χ3v) is 2.61. The maximum absolute atomic E-state index is 10.9. The number of ether oxygens (including phenoxy) is 1. The van der Waals surface area contributed by atoms with Crippen LogP contribution in [0.3, 0.4) is 0 Å². The van der Waals surface area contributed by atoms with Gasteiger partial charge in [-0.05, 0) is 18.2 Å². The topological polar surface area (TPSA) is 83.7 Å². The van der Waals surface area contributed by atoms with Crippen LogP contribution < -0.4 is 10.3 Å². The smallest absolute Gasteiger partial charge is 0.264 e. The Bertz CT molecular complexity index is 740. The van der Waals surface area contributed by atoms with Gasteiger partial charge in [-0.2, -0.15) is 5.10 Å². The minimum atomic E-state index is -0.239. The monoisotopic (exact) mass is 242 g/mol. The van der Waals surface area contributed by atoms with Gasteiger partial charge in [0.15, 0.2) is 5.82 Å². The van der Waals surface area contributed by atoms with Crippen LogP contribution in [-0.2, 0) is 0 Å². The van der Waals surface area contributed by atoms with E-state index in [2.05, 4.69) is 20.2 Å². The number of nitrogens with one attached hydrogen (secondary N) is 2. The molecule has 0 aliphatic carbocycles. The summed E-state index contributed by atoms with van der Waals surface area (Å²) in [5, 5.41) is 6.30. The third-order valence-electron chi connectivity index (χ3n) is 2.61.